The van der Waals surface area contributed by atoms with Gasteiger partial charge in [0, 0.05) is 26.3 Å². The Hall–Kier alpha value is -3.34. The van der Waals surface area contributed by atoms with Crippen molar-refractivity contribution in [3.05, 3.63) is 77.7 Å². The Morgan fingerprint density at radius 3 is 2.33 bits per heavy atom. The fraction of sp³-hybridized carbons (Fsp3) is 0.414. The molecule has 0 radical (unpaired) electrons. The molecule has 0 saturated heterocycles. The maximum Gasteiger partial charge on any atom is 0.243 e. The Balaban J connectivity index is 1.82. The van der Waals surface area contributed by atoms with Crippen molar-refractivity contribution < 1.29 is 31.8 Å². The second-order valence-corrected chi connectivity index (χ2v) is 10.9. The van der Waals surface area contributed by atoms with Gasteiger partial charge in [0.1, 0.15) is 11.5 Å². The number of carbonyl (C=O) groups is 1. The fourth-order valence-electron chi connectivity index (χ4n) is 4.11. The van der Waals surface area contributed by atoms with Crippen molar-refractivity contribution in [1.82, 2.24) is 9.21 Å². The van der Waals surface area contributed by atoms with Crippen LogP contribution in [-0.2, 0) is 32.5 Å². The van der Waals surface area contributed by atoms with Crippen LogP contribution in [0.2, 0.25) is 0 Å². The van der Waals surface area contributed by atoms with E-state index in [1.165, 1.54) is 16.4 Å². The third-order valence-corrected chi connectivity index (χ3v) is 8.07. The van der Waals surface area contributed by atoms with Gasteiger partial charge in [0.2, 0.25) is 15.9 Å². The molecule has 2 aromatic carbocycles. The number of methoxy groups -OCH3 is 2. The molecule has 0 aliphatic heterocycles. The van der Waals surface area contributed by atoms with Gasteiger partial charge in [0.05, 0.1) is 32.2 Å². The zero-order valence-corrected chi connectivity index (χ0v) is 23.9. The first-order valence-corrected chi connectivity index (χ1v) is 14.4. The summed E-state index contributed by atoms with van der Waals surface area (Å²) in [5, 5.41) is 0. The molecule has 1 aromatic heterocycles. The van der Waals surface area contributed by atoms with Crippen LogP contribution >= 0.6 is 0 Å². The lowest BCUT2D eigenvalue weighted by molar-refractivity contribution is -0.132. The molecule has 1 amide bonds. The summed E-state index contributed by atoms with van der Waals surface area (Å²) in [5.41, 5.74) is 0.951. The number of furan rings is 1. The van der Waals surface area contributed by atoms with Crippen LogP contribution in [0.4, 0.5) is 0 Å². The van der Waals surface area contributed by atoms with Crippen molar-refractivity contribution >= 4 is 15.9 Å². The number of ether oxygens (including phenoxy) is 3. The van der Waals surface area contributed by atoms with Crippen LogP contribution in [-0.4, -0.2) is 70.6 Å². The second-order valence-electron chi connectivity index (χ2n) is 8.97. The number of hydrogen-bond acceptors (Lipinski definition) is 7. The average Bonchev–Trinajstić information content (AvgIpc) is 3.37. The third-order valence-electron chi connectivity index (χ3n) is 6.21. The molecule has 0 aliphatic carbocycles. The number of aryl methyl sites for hydroxylation is 1. The molecule has 0 atom stereocenters. The lowest BCUT2D eigenvalue weighted by Gasteiger charge is -2.27. The molecule has 39 heavy (non-hydrogen) atoms. The first-order chi connectivity index (χ1) is 18.8. The van der Waals surface area contributed by atoms with Crippen LogP contribution in [0.3, 0.4) is 0 Å². The molecular weight excluding hydrogens is 520 g/mol. The average molecular weight is 559 g/mol. The Labute approximate surface area is 231 Å². The normalized spacial score (nSPS) is 11.5. The highest BCUT2D eigenvalue weighted by atomic mass is 32.2. The van der Waals surface area contributed by atoms with Crippen molar-refractivity contribution in [3.63, 3.8) is 0 Å². The van der Waals surface area contributed by atoms with Gasteiger partial charge in [0.25, 0.3) is 0 Å². The first kappa shape index (κ1) is 30.2. The topological polar surface area (TPSA) is 98.5 Å². The van der Waals surface area contributed by atoms with Crippen LogP contribution < -0.4 is 9.47 Å². The van der Waals surface area contributed by atoms with E-state index in [1.807, 2.05) is 44.2 Å². The smallest absolute Gasteiger partial charge is 0.243 e. The van der Waals surface area contributed by atoms with Gasteiger partial charge >= 0.3 is 0 Å². The van der Waals surface area contributed by atoms with Crippen LogP contribution in [0.25, 0.3) is 0 Å². The minimum absolute atomic E-state index is 0.146. The molecule has 10 heteroatoms. The van der Waals surface area contributed by atoms with E-state index in [2.05, 4.69) is 0 Å². The molecule has 3 rings (SSSR count). The standard InChI is InChI=1S/C29H38N2O7S/c1-5-37-19-9-17-31(39(33,34)26-10-7-6-8-11-26)22-29(32)30(21-25-14-12-23(2)38-25)18-16-24-13-15-27(35-3)28(20-24)36-4/h6-8,10-15,20H,5,9,16-19,21-22H2,1-4H3. The minimum Gasteiger partial charge on any atom is -0.493 e. The number of nitrogens with zero attached hydrogens (tertiary/aromatic N) is 2. The molecule has 0 spiro atoms. The van der Waals surface area contributed by atoms with Gasteiger partial charge in [-0.25, -0.2) is 8.42 Å². The highest BCUT2D eigenvalue weighted by Gasteiger charge is 2.28. The van der Waals surface area contributed by atoms with Gasteiger partial charge in [-0.1, -0.05) is 24.3 Å². The van der Waals surface area contributed by atoms with Crippen molar-refractivity contribution in [2.75, 3.05) is 47.1 Å². The van der Waals surface area contributed by atoms with Crippen LogP contribution in [0, 0.1) is 6.92 Å². The Kier molecular flexibility index (Phi) is 11.4. The zero-order chi connectivity index (χ0) is 28.3. The Morgan fingerprint density at radius 2 is 1.69 bits per heavy atom. The monoisotopic (exact) mass is 558 g/mol. The lowest BCUT2D eigenvalue weighted by atomic mass is 10.1. The number of amides is 1. The number of hydrogen-bond donors (Lipinski definition) is 0. The lowest BCUT2D eigenvalue weighted by Crippen LogP contribution is -2.43. The number of benzene rings is 2. The largest absolute Gasteiger partial charge is 0.493 e. The van der Waals surface area contributed by atoms with Crippen molar-refractivity contribution in [2.24, 2.45) is 0 Å². The van der Waals surface area contributed by atoms with Gasteiger partial charge in [-0.2, -0.15) is 4.31 Å². The van der Waals surface area contributed by atoms with Gasteiger partial charge in [-0.3, -0.25) is 4.79 Å². The van der Waals surface area contributed by atoms with Gasteiger partial charge < -0.3 is 23.5 Å². The Bertz CT molecular complexity index is 1290. The van der Waals surface area contributed by atoms with E-state index in [0.29, 0.717) is 49.9 Å². The molecule has 0 bridgehead atoms. The minimum atomic E-state index is -3.89. The van der Waals surface area contributed by atoms with Gasteiger partial charge in [-0.15, -0.1) is 0 Å². The molecule has 0 aliphatic rings. The number of sulfonamides is 1. The molecule has 0 unspecified atom stereocenters. The van der Waals surface area contributed by atoms with E-state index in [1.54, 1.807) is 37.3 Å². The summed E-state index contributed by atoms with van der Waals surface area (Å²) in [6.07, 6.45) is 0.998. The molecule has 0 fully saturated rings. The van der Waals surface area contributed by atoms with Crippen LogP contribution in [0.1, 0.15) is 30.4 Å². The second kappa shape index (κ2) is 14.7. The van der Waals surface area contributed by atoms with E-state index >= 15 is 0 Å². The van der Waals surface area contributed by atoms with Crippen molar-refractivity contribution in [1.29, 1.82) is 0 Å². The molecular formula is C29H38N2O7S. The highest BCUT2D eigenvalue weighted by molar-refractivity contribution is 7.89. The molecule has 0 N–H and O–H groups in total. The van der Waals surface area contributed by atoms with Gasteiger partial charge in [0.15, 0.2) is 11.5 Å². The maximum absolute atomic E-state index is 13.7. The zero-order valence-electron chi connectivity index (χ0n) is 23.1. The Morgan fingerprint density at radius 1 is 0.949 bits per heavy atom. The third kappa shape index (κ3) is 8.58. The summed E-state index contributed by atoms with van der Waals surface area (Å²) >= 11 is 0. The molecule has 9 nitrogen and oxygen atoms in total. The summed E-state index contributed by atoms with van der Waals surface area (Å²) in [4.78, 5) is 15.5. The highest BCUT2D eigenvalue weighted by Crippen LogP contribution is 2.28. The van der Waals surface area contributed by atoms with Crippen molar-refractivity contribution in [3.8, 4) is 11.5 Å². The summed E-state index contributed by atoms with van der Waals surface area (Å²) in [5.74, 6) is 2.27. The van der Waals surface area contributed by atoms with E-state index < -0.39 is 10.0 Å². The quantitative estimate of drug-likeness (QED) is 0.242. The van der Waals surface area contributed by atoms with Crippen molar-refractivity contribution in [2.45, 2.75) is 38.1 Å². The number of rotatable bonds is 16. The van der Waals surface area contributed by atoms with E-state index in [9.17, 15) is 13.2 Å². The van der Waals surface area contributed by atoms with Crippen LogP contribution in [0.5, 0.6) is 11.5 Å². The van der Waals surface area contributed by atoms with Gasteiger partial charge in [-0.05, 0) is 68.7 Å². The fourth-order valence-corrected chi connectivity index (χ4v) is 5.56. The predicted octanol–water partition coefficient (Wildman–Crippen LogP) is 4.29. The van der Waals surface area contributed by atoms with Crippen LogP contribution in [0.15, 0.2) is 70.0 Å². The molecule has 212 valence electrons. The summed E-state index contributed by atoms with van der Waals surface area (Å²) in [7, 11) is -0.743. The van der Waals surface area contributed by atoms with E-state index in [-0.39, 0.29) is 30.4 Å². The summed E-state index contributed by atoms with van der Waals surface area (Å²) < 4.78 is 50.1. The first-order valence-electron chi connectivity index (χ1n) is 13.0. The van der Waals surface area contributed by atoms with E-state index in [4.69, 9.17) is 18.6 Å². The SMILES string of the molecule is CCOCCCN(CC(=O)N(CCc1ccc(OC)c(OC)c1)Cc1ccc(C)o1)S(=O)(=O)c1ccccc1. The molecule has 1 heterocycles. The summed E-state index contributed by atoms with van der Waals surface area (Å²) in [6.45, 7) is 5.10. The maximum atomic E-state index is 13.7. The molecule has 3 aromatic rings. The number of carbonyl (C=O) groups excluding carboxylic acids is 1. The molecule has 0 saturated carbocycles. The van der Waals surface area contributed by atoms with E-state index in [0.717, 1.165) is 11.3 Å². The summed E-state index contributed by atoms with van der Waals surface area (Å²) in [6, 6.07) is 17.4. The predicted molar refractivity (Wildman–Crippen MR) is 148 cm³/mol.